The molecule has 0 atom stereocenters. The molecule has 0 unspecified atom stereocenters. The van der Waals surface area contributed by atoms with Gasteiger partial charge in [0.15, 0.2) is 11.2 Å². The highest BCUT2D eigenvalue weighted by Crippen LogP contribution is 2.30. The van der Waals surface area contributed by atoms with Gasteiger partial charge < -0.3 is 4.57 Å². The van der Waals surface area contributed by atoms with Gasteiger partial charge in [0.05, 0.1) is 13.0 Å². The lowest BCUT2D eigenvalue weighted by Crippen LogP contribution is -2.40. The third kappa shape index (κ3) is 2.72. The van der Waals surface area contributed by atoms with E-state index in [1.807, 2.05) is 11.5 Å². The van der Waals surface area contributed by atoms with Crippen molar-refractivity contribution in [1.82, 2.24) is 18.7 Å². The van der Waals surface area contributed by atoms with E-state index < -0.39 is 6.67 Å². The zero-order chi connectivity index (χ0) is 16.4. The largest absolute Gasteiger partial charge is 0.332 e. The first kappa shape index (κ1) is 16.0. The molecule has 1 aliphatic carbocycles. The average molecular weight is 322 g/mol. The van der Waals surface area contributed by atoms with E-state index in [9.17, 15) is 14.0 Å². The van der Waals surface area contributed by atoms with E-state index in [2.05, 4.69) is 4.98 Å². The third-order valence-corrected chi connectivity index (χ3v) is 4.62. The predicted octanol–water partition coefficient (Wildman–Crippen LogP) is 2.24. The number of hydrogen-bond acceptors (Lipinski definition) is 3. The smallest absolute Gasteiger partial charge is 0.322 e. The van der Waals surface area contributed by atoms with Crippen molar-refractivity contribution in [3.63, 3.8) is 0 Å². The summed E-state index contributed by atoms with van der Waals surface area (Å²) in [5, 5.41) is 0. The van der Waals surface area contributed by atoms with Gasteiger partial charge in [-0.15, -0.1) is 0 Å². The van der Waals surface area contributed by atoms with Crippen LogP contribution in [0.15, 0.2) is 15.9 Å². The summed E-state index contributed by atoms with van der Waals surface area (Å²) in [4.78, 5) is 29.7. The number of aryl methyl sites for hydroxylation is 1. The Hall–Kier alpha value is -1.92. The van der Waals surface area contributed by atoms with E-state index in [4.69, 9.17) is 0 Å². The minimum absolute atomic E-state index is 0.246. The quantitative estimate of drug-likeness (QED) is 0.819. The molecule has 2 aromatic heterocycles. The van der Waals surface area contributed by atoms with Crippen LogP contribution in [0.5, 0.6) is 0 Å². The van der Waals surface area contributed by atoms with E-state index in [0.29, 0.717) is 24.1 Å². The van der Waals surface area contributed by atoms with Gasteiger partial charge >= 0.3 is 5.69 Å². The maximum atomic E-state index is 12.8. The van der Waals surface area contributed by atoms with Gasteiger partial charge in [0.1, 0.15) is 0 Å². The fourth-order valence-corrected chi connectivity index (χ4v) is 3.51. The maximum Gasteiger partial charge on any atom is 0.332 e. The standard InChI is InChI=1S/C16H23FN4O2/c1-2-9-20-15(22)13-14(19(16(20)23)10-5-8-17)18-11-21(13)12-6-3-4-7-12/h11-12H,2-10H2,1H3. The SMILES string of the molecule is CCCn1c(=O)c2c(ncn2C2CCCC2)n(CCCF)c1=O. The normalized spacial score (nSPS) is 15.7. The Labute approximate surface area is 133 Å². The predicted molar refractivity (Wildman–Crippen MR) is 86.6 cm³/mol. The first-order valence-corrected chi connectivity index (χ1v) is 8.45. The summed E-state index contributed by atoms with van der Waals surface area (Å²) >= 11 is 0. The number of nitrogens with zero attached hydrogens (tertiary/aromatic N) is 4. The van der Waals surface area contributed by atoms with Gasteiger partial charge in [-0.25, -0.2) is 9.78 Å². The Morgan fingerprint density at radius 1 is 1.22 bits per heavy atom. The summed E-state index contributed by atoms with van der Waals surface area (Å²) in [5.74, 6) is 0. The van der Waals surface area contributed by atoms with Crippen molar-refractivity contribution in [3.8, 4) is 0 Å². The van der Waals surface area contributed by atoms with Gasteiger partial charge in [-0.3, -0.25) is 18.3 Å². The van der Waals surface area contributed by atoms with Crippen LogP contribution in [0.3, 0.4) is 0 Å². The highest BCUT2D eigenvalue weighted by Gasteiger charge is 2.23. The number of halogens is 1. The first-order valence-electron chi connectivity index (χ1n) is 8.45. The Morgan fingerprint density at radius 2 is 1.96 bits per heavy atom. The van der Waals surface area contributed by atoms with Gasteiger partial charge in [0.25, 0.3) is 5.56 Å². The van der Waals surface area contributed by atoms with Crippen LogP contribution in [-0.2, 0) is 13.1 Å². The molecule has 0 aliphatic heterocycles. The Morgan fingerprint density at radius 3 is 2.61 bits per heavy atom. The van der Waals surface area contributed by atoms with Gasteiger partial charge in [-0.2, -0.15) is 0 Å². The maximum absolute atomic E-state index is 12.8. The van der Waals surface area contributed by atoms with Crippen LogP contribution in [0.1, 0.15) is 51.5 Å². The topological polar surface area (TPSA) is 61.8 Å². The summed E-state index contributed by atoms with van der Waals surface area (Å²) < 4.78 is 17.2. The molecule has 0 aromatic carbocycles. The molecule has 2 heterocycles. The number of fused-ring (bicyclic) bond motifs is 1. The zero-order valence-corrected chi connectivity index (χ0v) is 13.5. The third-order valence-electron chi connectivity index (χ3n) is 4.62. The summed E-state index contributed by atoms with van der Waals surface area (Å²) in [5.41, 5.74) is 0.235. The molecule has 3 rings (SSSR count). The van der Waals surface area contributed by atoms with Gasteiger partial charge in [0, 0.05) is 19.1 Å². The fourth-order valence-electron chi connectivity index (χ4n) is 3.51. The molecule has 0 spiro atoms. The van der Waals surface area contributed by atoms with Crippen molar-refractivity contribution >= 4 is 11.2 Å². The van der Waals surface area contributed by atoms with Gasteiger partial charge in [-0.05, 0) is 25.7 Å². The van der Waals surface area contributed by atoms with E-state index in [0.717, 1.165) is 25.7 Å². The Balaban J connectivity index is 2.24. The highest BCUT2D eigenvalue weighted by molar-refractivity contribution is 5.70. The summed E-state index contributed by atoms with van der Waals surface area (Å²) in [6.07, 6.45) is 6.97. The summed E-state index contributed by atoms with van der Waals surface area (Å²) in [7, 11) is 0. The van der Waals surface area contributed by atoms with Crippen molar-refractivity contribution in [1.29, 1.82) is 0 Å². The van der Waals surface area contributed by atoms with Crippen molar-refractivity contribution in [2.75, 3.05) is 6.67 Å². The molecule has 6 nitrogen and oxygen atoms in total. The van der Waals surface area contributed by atoms with E-state index in [1.54, 1.807) is 6.33 Å². The molecule has 0 amide bonds. The number of hydrogen-bond donors (Lipinski definition) is 0. The number of imidazole rings is 1. The molecule has 0 saturated heterocycles. The van der Waals surface area contributed by atoms with Crippen LogP contribution in [0.4, 0.5) is 4.39 Å². The zero-order valence-electron chi connectivity index (χ0n) is 13.5. The molecular weight excluding hydrogens is 299 g/mol. The average Bonchev–Trinajstić information content (AvgIpc) is 3.20. The van der Waals surface area contributed by atoms with Crippen LogP contribution in [0, 0.1) is 0 Å². The monoisotopic (exact) mass is 322 g/mol. The van der Waals surface area contributed by atoms with E-state index in [-0.39, 0.29) is 30.3 Å². The van der Waals surface area contributed by atoms with Gasteiger partial charge in [0.2, 0.25) is 0 Å². The second-order valence-electron chi connectivity index (χ2n) is 6.20. The molecule has 23 heavy (non-hydrogen) atoms. The molecule has 1 aliphatic rings. The summed E-state index contributed by atoms with van der Waals surface area (Å²) in [6.45, 7) is 2.05. The molecule has 0 radical (unpaired) electrons. The lowest BCUT2D eigenvalue weighted by Gasteiger charge is -2.14. The molecular formula is C16H23FN4O2. The Bertz CT molecular complexity index is 799. The molecule has 2 aromatic rings. The molecule has 0 bridgehead atoms. The van der Waals surface area contributed by atoms with Crippen LogP contribution in [0.25, 0.3) is 11.2 Å². The number of rotatable bonds is 6. The van der Waals surface area contributed by atoms with Gasteiger partial charge in [-0.1, -0.05) is 19.8 Å². The van der Waals surface area contributed by atoms with Crippen LogP contribution < -0.4 is 11.2 Å². The van der Waals surface area contributed by atoms with Crippen molar-refractivity contribution in [3.05, 3.63) is 27.2 Å². The van der Waals surface area contributed by atoms with Crippen molar-refractivity contribution in [2.24, 2.45) is 0 Å². The lowest BCUT2D eigenvalue weighted by atomic mass is 10.2. The molecule has 1 fully saturated rings. The number of aromatic nitrogens is 4. The van der Waals surface area contributed by atoms with Crippen molar-refractivity contribution in [2.45, 2.75) is 64.6 Å². The lowest BCUT2D eigenvalue weighted by molar-refractivity contribution is 0.438. The highest BCUT2D eigenvalue weighted by atomic mass is 19.1. The van der Waals surface area contributed by atoms with E-state index >= 15 is 0 Å². The number of alkyl halides is 1. The second-order valence-corrected chi connectivity index (χ2v) is 6.20. The summed E-state index contributed by atoms with van der Waals surface area (Å²) in [6, 6.07) is 0.273. The van der Waals surface area contributed by atoms with Crippen molar-refractivity contribution < 1.29 is 4.39 Å². The van der Waals surface area contributed by atoms with Crippen LogP contribution in [0.2, 0.25) is 0 Å². The van der Waals surface area contributed by atoms with Crippen LogP contribution >= 0.6 is 0 Å². The first-order chi connectivity index (χ1) is 11.2. The Kier molecular flexibility index (Phi) is 4.63. The fraction of sp³-hybridized carbons (Fsp3) is 0.688. The minimum atomic E-state index is -0.496. The van der Waals surface area contributed by atoms with E-state index in [1.165, 1.54) is 9.13 Å². The minimum Gasteiger partial charge on any atom is -0.322 e. The van der Waals surface area contributed by atoms with Crippen LogP contribution in [-0.4, -0.2) is 25.4 Å². The molecule has 126 valence electrons. The molecule has 0 N–H and O–H groups in total. The molecule has 1 saturated carbocycles. The second kappa shape index (κ2) is 6.68. The molecule has 7 heteroatoms.